The van der Waals surface area contributed by atoms with Gasteiger partial charge in [-0.05, 0) is 17.7 Å². The van der Waals surface area contributed by atoms with Crippen LogP contribution >= 0.6 is 11.6 Å². The van der Waals surface area contributed by atoms with Gasteiger partial charge in [0.25, 0.3) is 0 Å². The van der Waals surface area contributed by atoms with Crippen molar-refractivity contribution in [3.05, 3.63) is 47.8 Å². The molecule has 2 aromatic rings. The quantitative estimate of drug-likeness (QED) is 0.758. The van der Waals surface area contributed by atoms with Gasteiger partial charge in [-0.2, -0.15) is 0 Å². The predicted octanol–water partition coefficient (Wildman–Crippen LogP) is 3.87. The molecule has 0 saturated heterocycles. The Kier molecular flexibility index (Phi) is 3.48. The van der Waals surface area contributed by atoms with Crippen molar-refractivity contribution in [2.75, 3.05) is 0 Å². The van der Waals surface area contributed by atoms with E-state index in [0.29, 0.717) is 11.6 Å². The minimum absolute atomic E-state index is 0.247. The third-order valence-electron chi connectivity index (χ3n) is 2.61. The number of hydrogen-bond donors (Lipinski definition) is 0. The van der Waals surface area contributed by atoms with Crippen LogP contribution in [0.2, 0.25) is 0 Å². The standard InChI is InChI=1S/C13H14ClFN2/c1-9(2)13-16-5-6-17(13)12-4-3-10(8-14)7-11(12)15/h3-7,9H,8H2,1-2H3. The molecule has 4 heteroatoms. The number of rotatable bonds is 3. The topological polar surface area (TPSA) is 17.8 Å². The predicted molar refractivity (Wildman–Crippen MR) is 67.2 cm³/mol. The van der Waals surface area contributed by atoms with Crippen LogP contribution in [0.4, 0.5) is 4.39 Å². The van der Waals surface area contributed by atoms with E-state index in [0.717, 1.165) is 11.4 Å². The van der Waals surface area contributed by atoms with Gasteiger partial charge in [-0.15, -0.1) is 11.6 Å². The first-order chi connectivity index (χ1) is 8.13. The first kappa shape index (κ1) is 12.1. The lowest BCUT2D eigenvalue weighted by Crippen LogP contribution is -2.04. The Morgan fingerprint density at radius 1 is 1.41 bits per heavy atom. The molecule has 0 bridgehead atoms. The van der Waals surface area contributed by atoms with E-state index in [4.69, 9.17) is 11.6 Å². The van der Waals surface area contributed by atoms with Crippen LogP contribution in [-0.2, 0) is 5.88 Å². The zero-order valence-electron chi connectivity index (χ0n) is 9.82. The van der Waals surface area contributed by atoms with Crippen LogP contribution in [0.3, 0.4) is 0 Å². The van der Waals surface area contributed by atoms with Gasteiger partial charge in [0.15, 0.2) is 0 Å². The maximum atomic E-state index is 13.9. The number of aromatic nitrogens is 2. The van der Waals surface area contributed by atoms with Crippen LogP contribution < -0.4 is 0 Å². The second-order valence-corrected chi connectivity index (χ2v) is 4.50. The highest BCUT2D eigenvalue weighted by Gasteiger charge is 2.12. The number of imidazole rings is 1. The molecule has 90 valence electrons. The highest BCUT2D eigenvalue weighted by atomic mass is 35.5. The molecular formula is C13H14ClFN2. The van der Waals surface area contributed by atoms with Crippen LogP contribution in [0.15, 0.2) is 30.6 Å². The molecule has 1 aromatic heterocycles. The van der Waals surface area contributed by atoms with E-state index in [-0.39, 0.29) is 11.7 Å². The lowest BCUT2D eigenvalue weighted by molar-refractivity contribution is 0.610. The van der Waals surface area contributed by atoms with Gasteiger partial charge in [-0.1, -0.05) is 19.9 Å². The molecule has 0 unspecified atom stereocenters. The van der Waals surface area contributed by atoms with E-state index in [1.165, 1.54) is 6.07 Å². The zero-order valence-corrected chi connectivity index (χ0v) is 10.6. The molecule has 0 aliphatic carbocycles. The highest BCUT2D eigenvalue weighted by Crippen LogP contribution is 2.21. The molecule has 0 radical (unpaired) electrons. The first-order valence-electron chi connectivity index (χ1n) is 5.51. The number of hydrogen-bond acceptors (Lipinski definition) is 1. The van der Waals surface area contributed by atoms with E-state index in [1.54, 1.807) is 23.0 Å². The lowest BCUT2D eigenvalue weighted by Gasteiger charge is -2.11. The first-order valence-corrected chi connectivity index (χ1v) is 6.05. The molecule has 0 aliphatic rings. The van der Waals surface area contributed by atoms with Crippen molar-refractivity contribution < 1.29 is 4.39 Å². The molecule has 1 aromatic carbocycles. The number of nitrogens with zero attached hydrogens (tertiary/aromatic N) is 2. The summed E-state index contributed by atoms with van der Waals surface area (Å²) in [5.74, 6) is 1.14. The van der Waals surface area contributed by atoms with Crippen LogP contribution in [0.5, 0.6) is 0 Å². The monoisotopic (exact) mass is 252 g/mol. The summed E-state index contributed by atoms with van der Waals surface area (Å²) >= 11 is 5.67. The van der Waals surface area contributed by atoms with Crippen molar-refractivity contribution in [2.24, 2.45) is 0 Å². The summed E-state index contributed by atoms with van der Waals surface area (Å²) in [4.78, 5) is 4.25. The normalized spacial score (nSPS) is 11.1. The molecule has 2 rings (SSSR count). The smallest absolute Gasteiger partial charge is 0.147 e. The molecule has 0 spiro atoms. The van der Waals surface area contributed by atoms with Crippen molar-refractivity contribution >= 4 is 11.6 Å². The summed E-state index contributed by atoms with van der Waals surface area (Å²) in [5, 5.41) is 0. The molecule has 2 nitrogen and oxygen atoms in total. The minimum atomic E-state index is -0.275. The van der Waals surface area contributed by atoms with Crippen molar-refractivity contribution in [3.8, 4) is 5.69 Å². The van der Waals surface area contributed by atoms with Gasteiger partial charge in [0.1, 0.15) is 11.6 Å². The molecule has 0 N–H and O–H groups in total. The van der Waals surface area contributed by atoms with Crippen molar-refractivity contribution in [2.45, 2.75) is 25.6 Å². The van der Waals surface area contributed by atoms with E-state index in [9.17, 15) is 4.39 Å². The Bertz CT molecular complexity index is 520. The third-order valence-corrected chi connectivity index (χ3v) is 2.92. The highest BCUT2D eigenvalue weighted by molar-refractivity contribution is 6.17. The molecule has 0 aliphatic heterocycles. The zero-order chi connectivity index (χ0) is 12.4. The van der Waals surface area contributed by atoms with Crippen molar-refractivity contribution in [1.29, 1.82) is 0 Å². The fourth-order valence-corrected chi connectivity index (χ4v) is 1.94. The van der Waals surface area contributed by atoms with E-state index in [2.05, 4.69) is 4.98 Å². The van der Waals surface area contributed by atoms with Gasteiger partial charge in [0.2, 0.25) is 0 Å². The Morgan fingerprint density at radius 2 is 2.18 bits per heavy atom. The molecule has 0 saturated carbocycles. The van der Waals surface area contributed by atoms with Crippen molar-refractivity contribution in [3.63, 3.8) is 0 Å². The van der Waals surface area contributed by atoms with Crippen LogP contribution in [0.25, 0.3) is 5.69 Å². The van der Waals surface area contributed by atoms with Gasteiger partial charge in [-0.25, -0.2) is 9.37 Å². The lowest BCUT2D eigenvalue weighted by atomic mass is 10.2. The fourth-order valence-electron chi connectivity index (χ4n) is 1.77. The van der Waals surface area contributed by atoms with E-state index >= 15 is 0 Å². The second kappa shape index (κ2) is 4.88. The number of benzene rings is 1. The maximum absolute atomic E-state index is 13.9. The van der Waals surface area contributed by atoms with Gasteiger partial charge < -0.3 is 4.57 Å². The molecule has 0 atom stereocenters. The van der Waals surface area contributed by atoms with Gasteiger partial charge >= 0.3 is 0 Å². The summed E-state index contributed by atoms with van der Waals surface area (Å²) in [6.07, 6.45) is 3.46. The Morgan fingerprint density at radius 3 is 2.76 bits per heavy atom. The van der Waals surface area contributed by atoms with E-state index in [1.807, 2.05) is 19.9 Å². The van der Waals surface area contributed by atoms with E-state index < -0.39 is 0 Å². The van der Waals surface area contributed by atoms with Crippen LogP contribution in [-0.4, -0.2) is 9.55 Å². The number of alkyl halides is 1. The molecule has 17 heavy (non-hydrogen) atoms. The minimum Gasteiger partial charge on any atom is -0.301 e. The largest absolute Gasteiger partial charge is 0.301 e. The van der Waals surface area contributed by atoms with Crippen LogP contribution in [0.1, 0.15) is 31.2 Å². The fraction of sp³-hybridized carbons (Fsp3) is 0.308. The summed E-state index contributed by atoms with van der Waals surface area (Å²) in [5.41, 5.74) is 1.29. The van der Waals surface area contributed by atoms with Crippen LogP contribution in [0, 0.1) is 5.82 Å². The molecule has 0 amide bonds. The summed E-state index contributed by atoms with van der Waals surface area (Å²) in [6.45, 7) is 4.06. The van der Waals surface area contributed by atoms with Crippen molar-refractivity contribution in [1.82, 2.24) is 9.55 Å². The average Bonchev–Trinajstić information content (AvgIpc) is 2.77. The number of halogens is 2. The SMILES string of the molecule is CC(C)c1nccn1-c1ccc(CCl)cc1F. The second-order valence-electron chi connectivity index (χ2n) is 4.23. The molecular weight excluding hydrogens is 239 g/mol. The molecule has 1 heterocycles. The van der Waals surface area contributed by atoms with Gasteiger partial charge in [0, 0.05) is 24.2 Å². The maximum Gasteiger partial charge on any atom is 0.147 e. The average molecular weight is 253 g/mol. The molecule has 0 fully saturated rings. The Balaban J connectivity index is 2.49. The Labute approximate surface area is 105 Å². The third kappa shape index (κ3) is 2.34. The summed E-state index contributed by atoms with van der Waals surface area (Å²) in [7, 11) is 0. The summed E-state index contributed by atoms with van der Waals surface area (Å²) in [6, 6.07) is 5.03. The van der Waals surface area contributed by atoms with Gasteiger partial charge in [0.05, 0.1) is 5.69 Å². The Hall–Kier alpha value is -1.35. The van der Waals surface area contributed by atoms with Gasteiger partial charge in [-0.3, -0.25) is 0 Å². The summed E-state index contributed by atoms with van der Waals surface area (Å²) < 4.78 is 15.7.